The second kappa shape index (κ2) is 5.89. The SMILES string of the molecule is Cc1ccc2[nH]cc(CC(C)NCC(F)(F)CO)c2c1. The van der Waals surface area contributed by atoms with Crippen molar-refractivity contribution in [1.82, 2.24) is 10.3 Å². The average Bonchev–Trinajstić information content (AvgIpc) is 2.79. The van der Waals surface area contributed by atoms with Crippen LogP contribution in [0, 0.1) is 6.92 Å². The molecule has 2 rings (SSSR count). The maximum atomic E-state index is 13.0. The highest BCUT2D eigenvalue weighted by Gasteiger charge is 2.27. The molecule has 2 aromatic rings. The Hall–Kier alpha value is -1.46. The molecule has 1 aromatic carbocycles. The molecule has 0 saturated heterocycles. The predicted octanol–water partition coefficient (Wildman–Crippen LogP) is 2.62. The van der Waals surface area contributed by atoms with Crippen LogP contribution in [-0.4, -0.2) is 35.2 Å². The van der Waals surface area contributed by atoms with Gasteiger partial charge in [-0.25, -0.2) is 8.78 Å². The van der Waals surface area contributed by atoms with Gasteiger partial charge in [0.15, 0.2) is 0 Å². The first-order chi connectivity index (χ1) is 9.41. The third kappa shape index (κ3) is 3.55. The number of benzene rings is 1. The van der Waals surface area contributed by atoms with Gasteiger partial charge in [-0.2, -0.15) is 0 Å². The molecule has 0 saturated carbocycles. The van der Waals surface area contributed by atoms with Crippen molar-refractivity contribution in [2.75, 3.05) is 13.2 Å². The fourth-order valence-corrected chi connectivity index (χ4v) is 2.24. The van der Waals surface area contributed by atoms with Crippen LogP contribution in [0.3, 0.4) is 0 Å². The Kier molecular flexibility index (Phi) is 4.40. The van der Waals surface area contributed by atoms with Crippen molar-refractivity contribution < 1.29 is 13.9 Å². The van der Waals surface area contributed by atoms with Gasteiger partial charge >= 0.3 is 0 Å². The van der Waals surface area contributed by atoms with E-state index in [2.05, 4.69) is 16.4 Å². The second-order valence-corrected chi connectivity index (χ2v) is 5.36. The molecule has 0 radical (unpaired) electrons. The maximum absolute atomic E-state index is 13.0. The monoisotopic (exact) mass is 282 g/mol. The summed E-state index contributed by atoms with van der Waals surface area (Å²) in [5.41, 5.74) is 3.33. The largest absolute Gasteiger partial charge is 0.390 e. The quantitative estimate of drug-likeness (QED) is 0.763. The molecule has 1 atom stereocenters. The normalized spacial score (nSPS) is 13.8. The zero-order valence-electron chi connectivity index (χ0n) is 11.7. The average molecular weight is 282 g/mol. The number of fused-ring (bicyclic) bond motifs is 1. The van der Waals surface area contributed by atoms with Crippen LogP contribution in [0.15, 0.2) is 24.4 Å². The highest BCUT2D eigenvalue weighted by Crippen LogP contribution is 2.21. The Morgan fingerprint density at radius 2 is 2.15 bits per heavy atom. The molecule has 0 spiro atoms. The summed E-state index contributed by atoms with van der Waals surface area (Å²) in [7, 11) is 0. The van der Waals surface area contributed by atoms with Crippen molar-refractivity contribution in [3.05, 3.63) is 35.5 Å². The molecule has 1 aromatic heterocycles. The van der Waals surface area contributed by atoms with Gasteiger partial charge < -0.3 is 15.4 Å². The third-order valence-electron chi connectivity index (χ3n) is 3.39. The number of aryl methyl sites for hydroxylation is 1. The van der Waals surface area contributed by atoms with Gasteiger partial charge in [-0.1, -0.05) is 11.6 Å². The molecule has 5 heteroatoms. The number of hydrogen-bond acceptors (Lipinski definition) is 2. The lowest BCUT2D eigenvalue weighted by Gasteiger charge is -2.18. The first-order valence-electron chi connectivity index (χ1n) is 6.70. The Morgan fingerprint density at radius 3 is 2.85 bits per heavy atom. The van der Waals surface area contributed by atoms with Gasteiger partial charge in [-0.15, -0.1) is 0 Å². The van der Waals surface area contributed by atoms with Gasteiger partial charge in [0.2, 0.25) is 0 Å². The zero-order chi connectivity index (χ0) is 14.8. The highest BCUT2D eigenvalue weighted by molar-refractivity contribution is 5.83. The number of H-pyrrole nitrogens is 1. The van der Waals surface area contributed by atoms with Gasteiger partial charge in [0.1, 0.15) is 6.61 Å². The van der Waals surface area contributed by atoms with Crippen LogP contribution in [0.25, 0.3) is 10.9 Å². The van der Waals surface area contributed by atoms with Gasteiger partial charge in [0, 0.05) is 23.1 Å². The molecule has 20 heavy (non-hydrogen) atoms. The smallest absolute Gasteiger partial charge is 0.282 e. The molecule has 0 aliphatic rings. The molecular weight excluding hydrogens is 262 g/mol. The third-order valence-corrected chi connectivity index (χ3v) is 3.39. The molecule has 1 heterocycles. The summed E-state index contributed by atoms with van der Waals surface area (Å²) in [4.78, 5) is 3.19. The number of aromatic amines is 1. The number of nitrogens with one attached hydrogen (secondary N) is 2. The summed E-state index contributed by atoms with van der Waals surface area (Å²) in [6, 6.07) is 6.06. The molecule has 1 unspecified atom stereocenters. The lowest BCUT2D eigenvalue weighted by Crippen LogP contribution is -2.40. The summed E-state index contributed by atoms with van der Waals surface area (Å²) in [6.45, 7) is 2.26. The van der Waals surface area contributed by atoms with Crippen molar-refractivity contribution in [1.29, 1.82) is 0 Å². The van der Waals surface area contributed by atoms with Crippen LogP contribution in [0.4, 0.5) is 8.78 Å². The number of aliphatic hydroxyl groups is 1. The van der Waals surface area contributed by atoms with Crippen LogP contribution >= 0.6 is 0 Å². The summed E-state index contributed by atoms with van der Waals surface area (Å²) < 4.78 is 26.0. The molecule has 0 bridgehead atoms. The number of rotatable bonds is 6. The second-order valence-electron chi connectivity index (χ2n) is 5.36. The van der Waals surface area contributed by atoms with E-state index in [0.717, 1.165) is 16.5 Å². The highest BCUT2D eigenvalue weighted by atomic mass is 19.3. The van der Waals surface area contributed by atoms with E-state index in [1.807, 2.05) is 32.2 Å². The van der Waals surface area contributed by atoms with E-state index in [-0.39, 0.29) is 6.04 Å². The minimum Gasteiger partial charge on any atom is -0.390 e. The number of hydrogen-bond donors (Lipinski definition) is 3. The summed E-state index contributed by atoms with van der Waals surface area (Å²) in [5.74, 6) is -3.06. The maximum Gasteiger partial charge on any atom is 0.282 e. The fraction of sp³-hybridized carbons (Fsp3) is 0.467. The summed E-state index contributed by atoms with van der Waals surface area (Å²) >= 11 is 0. The minimum atomic E-state index is -3.06. The minimum absolute atomic E-state index is 0.0908. The Labute approximate surface area is 117 Å². The van der Waals surface area contributed by atoms with Crippen LogP contribution in [-0.2, 0) is 6.42 Å². The van der Waals surface area contributed by atoms with E-state index in [1.54, 1.807) is 0 Å². The first-order valence-corrected chi connectivity index (χ1v) is 6.70. The first kappa shape index (κ1) is 14.9. The molecule has 0 amide bonds. The van der Waals surface area contributed by atoms with Crippen LogP contribution in [0.2, 0.25) is 0 Å². The van der Waals surface area contributed by atoms with Crippen molar-refractivity contribution in [2.45, 2.75) is 32.2 Å². The van der Waals surface area contributed by atoms with Gasteiger partial charge in [0.05, 0.1) is 6.54 Å². The van der Waals surface area contributed by atoms with E-state index in [4.69, 9.17) is 5.11 Å². The summed E-state index contributed by atoms with van der Waals surface area (Å²) in [6.07, 6.45) is 2.58. The van der Waals surface area contributed by atoms with Gasteiger partial charge in [0.25, 0.3) is 5.92 Å². The topological polar surface area (TPSA) is 48.0 Å². The van der Waals surface area contributed by atoms with Crippen LogP contribution in [0.1, 0.15) is 18.1 Å². The van der Waals surface area contributed by atoms with Crippen molar-refractivity contribution >= 4 is 10.9 Å². The molecular formula is C15H20F2N2O. The molecule has 0 aliphatic heterocycles. The lowest BCUT2D eigenvalue weighted by molar-refractivity contribution is -0.0490. The predicted molar refractivity (Wildman–Crippen MR) is 76.2 cm³/mol. The number of aliphatic hydroxyl groups excluding tert-OH is 1. The number of alkyl halides is 2. The van der Waals surface area contributed by atoms with Crippen molar-refractivity contribution in [3.63, 3.8) is 0 Å². The molecule has 110 valence electrons. The van der Waals surface area contributed by atoms with Crippen LogP contribution < -0.4 is 5.32 Å². The van der Waals surface area contributed by atoms with Crippen molar-refractivity contribution in [3.8, 4) is 0 Å². The summed E-state index contributed by atoms with van der Waals surface area (Å²) in [5, 5.41) is 12.4. The standard InChI is InChI=1S/C15H20F2N2O/c1-10-3-4-14-13(5-10)12(7-18-14)6-11(2)19-8-15(16,17)9-20/h3-5,7,11,18-20H,6,8-9H2,1-2H3. The van der Waals surface area contributed by atoms with Crippen molar-refractivity contribution in [2.24, 2.45) is 0 Å². The van der Waals surface area contributed by atoms with E-state index >= 15 is 0 Å². The van der Waals surface area contributed by atoms with Gasteiger partial charge in [-0.05, 0) is 38.0 Å². The molecule has 0 fully saturated rings. The number of halogens is 2. The van der Waals surface area contributed by atoms with E-state index < -0.39 is 19.1 Å². The number of aromatic nitrogens is 1. The Balaban J connectivity index is 2.03. The van der Waals surface area contributed by atoms with E-state index in [9.17, 15) is 8.78 Å². The molecule has 3 N–H and O–H groups in total. The van der Waals surface area contributed by atoms with Gasteiger partial charge in [-0.3, -0.25) is 0 Å². The molecule has 0 aliphatic carbocycles. The Bertz CT molecular complexity index is 580. The van der Waals surface area contributed by atoms with Crippen LogP contribution in [0.5, 0.6) is 0 Å². The van der Waals surface area contributed by atoms with E-state index in [0.29, 0.717) is 6.42 Å². The zero-order valence-corrected chi connectivity index (χ0v) is 11.7. The Morgan fingerprint density at radius 1 is 1.40 bits per heavy atom. The lowest BCUT2D eigenvalue weighted by atomic mass is 10.0. The van der Waals surface area contributed by atoms with E-state index in [1.165, 1.54) is 5.56 Å². The molecule has 3 nitrogen and oxygen atoms in total. The fourth-order valence-electron chi connectivity index (χ4n) is 2.24.